The Bertz CT molecular complexity index is 661. The Balaban J connectivity index is 1.66. The maximum absolute atomic E-state index is 12.4. The van der Waals surface area contributed by atoms with Gasteiger partial charge in [-0.2, -0.15) is 0 Å². The fraction of sp³-hybridized carbons (Fsp3) is 0.333. The summed E-state index contributed by atoms with van der Waals surface area (Å²) in [5.41, 5.74) is 4.04. The van der Waals surface area contributed by atoms with Gasteiger partial charge in [-0.25, -0.2) is 0 Å². The van der Waals surface area contributed by atoms with Crippen LogP contribution in [0.15, 0.2) is 42.5 Å². The molecule has 0 saturated carbocycles. The molecule has 4 nitrogen and oxygen atoms in total. The minimum Gasteiger partial charge on any atom is -0.367 e. The third-order valence-corrected chi connectivity index (χ3v) is 4.13. The molecule has 0 bridgehead atoms. The zero-order valence-electron chi connectivity index (χ0n) is 13.1. The second-order valence-corrected chi connectivity index (χ2v) is 5.70. The smallest absolute Gasteiger partial charge is 0.253 e. The van der Waals surface area contributed by atoms with Crippen LogP contribution in [0.3, 0.4) is 0 Å². The molecule has 0 atom stereocenters. The molecule has 0 aliphatic carbocycles. The molecule has 3 rings (SSSR count). The van der Waals surface area contributed by atoms with Crippen molar-refractivity contribution >= 4 is 11.6 Å². The van der Waals surface area contributed by atoms with E-state index >= 15 is 0 Å². The maximum atomic E-state index is 12.4. The first-order valence-electron chi connectivity index (χ1n) is 7.68. The third-order valence-electron chi connectivity index (χ3n) is 4.13. The molecule has 0 N–H and O–H groups in total. The molecule has 2 heterocycles. The number of hydrogen-bond donors (Lipinski definition) is 0. The van der Waals surface area contributed by atoms with Crippen molar-refractivity contribution in [1.82, 2.24) is 9.88 Å². The molecule has 114 valence electrons. The number of benzene rings is 1. The van der Waals surface area contributed by atoms with Crippen LogP contribution in [0.2, 0.25) is 0 Å². The SMILES string of the molecule is Cc1ccc(N2CCN(C(=O)c3ccccc3)CC2)c(C)n1. The van der Waals surface area contributed by atoms with Gasteiger partial charge in [-0.1, -0.05) is 18.2 Å². The van der Waals surface area contributed by atoms with Crippen molar-refractivity contribution in [2.45, 2.75) is 13.8 Å². The number of aromatic nitrogens is 1. The normalized spacial score (nSPS) is 15.0. The van der Waals surface area contributed by atoms with E-state index in [-0.39, 0.29) is 5.91 Å². The van der Waals surface area contributed by atoms with Crippen LogP contribution >= 0.6 is 0 Å². The number of pyridine rings is 1. The quantitative estimate of drug-likeness (QED) is 0.854. The van der Waals surface area contributed by atoms with Crippen molar-refractivity contribution in [3.63, 3.8) is 0 Å². The molecule has 4 heteroatoms. The van der Waals surface area contributed by atoms with Gasteiger partial charge < -0.3 is 9.80 Å². The van der Waals surface area contributed by atoms with E-state index in [1.165, 1.54) is 5.69 Å². The van der Waals surface area contributed by atoms with Crippen molar-refractivity contribution in [1.29, 1.82) is 0 Å². The van der Waals surface area contributed by atoms with Crippen LogP contribution in [0.5, 0.6) is 0 Å². The molecule has 22 heavy (non-hydrogen) atoms. The van der Waals surface area contributed by atoms with Gasteiger partial charge in [-0.15, -0.1) is 0 Å². The van der Waals surface area contributed by atoms with Gasteiger partial charge in [0, 0.05) is 37.4 Å². The Morgan fingerprint density at radius 3 is 2.27 bits per heavy atom. The summed E-state index contributed by atoms with van der Waals surface area (Å²) in [5, 5.41) is 0. The van der Waals surface area contributed by atoms with Crippen LogP contribution < -0.4 is 4.90 Å². The first-order chi connectivity index (χ1) is 10.6. The number of amides is 1. The van der Waals surface area contributed by atoms with E-state index in [1.807, 2.05) is 55.1 Å². The largest absolute Gasteiger partial charge is 0.367 e. The van der Waals surface area contributed by atoms with Gasteiger partial charge in [0.05, 0.1) is 11.4 Å². The van der Waals surface area contributed by atoms with Crippen molar-refractivity contribution in [3.8, 4) is 0 Å². The molecule has 1 aromatic carbocycles. The van der Waals surface area contributed by atoms with Crippen LogP contribution in [0.1, 0.15) is 21.7 Å². The lowest BCUT2D eigenvalue weighted by atomic mass is 10.1. The molecule has 1 aliphatic heterocycles. The van der Waals surface area contributed by atoms with E-state index in [0.717, 1.165) is 43.1 Å². The fourth-order valence-electron chi connectivity index (χ4n) is 2.93. The fourth-order valence-corrected chi connectivity index (χ4v) is 2.93. The van der Waals surface area contributed by atoms with Gasteiger partial charge in [0.1, 0.15) is 0 Å². The number of rotatable bonds is 2. The van der Waals surface area contributed by atoms with E-state index < -0.39 is 0 Å². The van der Waals surface area contributed by atoms with E-state index in [0.29, 0.717) is 0 Å². The van der Waals surface area contributed by atoms with Crippen LogP contribution in [0, 0.1) is 13.8 Å². The summed E-state index contributed by atoms with van der Waals surface area (Å²) in [5.74, 6) is 0.124. The first-order valence-corrected chi connectivity index (χ1v) is 7.68. The Hall–Kier alpha value is -2.36. The van der Waals surface area contributed by atoms with Gasteiger partial charge in [-0.3, -0.25) is 9.78 Å². The second-order valence-electron chi connectivity index (χ2n) is 5.70. The maximum Gasteiger partial charge on any atom is 0.253 e. The average Bonchev–Trinajstić information content (AvgIpc) is 2.55. The number of anilines is 1. The van der Waals surface area contributed by atoms with Crippen LogP contribution in [-0.2, 0) is 0 Å². The molecule has 1 fully saturated rings. The lowest BCUT2D eigenvalue weighted by molar-refractivity contribution is 0.0747. The summed E-state index contributed by atoms with van der Waals surface area (Å²) in [4.78, 5) is 21.2. The first kappa shape index (κ1) is 14.6. The minimum absolute atomic E-state index is 0.124. The minimum atomic E-state index is 0.124. The summed E-state index contributed by atoms with van der Waals surface area (Å²) >= 11 is 0. The Morgan fingerprint density at radius 1 is 0.955 bits per heavy atom. The lowest BCUT2D eigenvalue weighted by Crippen LogP contribution is -2.49. The topological polar surface area (TPSA) is 36.4 Å². The van der Waals surface area contributed by atoms with E-state index in [9.17, 15) is 4.79 Å². The molecule has 0 spiro atoms. The summed E-state index contributed by atoms with van der Waals surface area (Å²) < 4.78 is 0. The number of carbonyl (C=O) groups is 1. The van der Waals surface area contributed by atoms with Gasteiger partial charge in [0.25, 0.3) is 5.91 Å². The summed E-state index contributed by atoms with van der Waals surface area (Å²) in [6.07, 6.45) is 0. The molecule has 0 unspecified atom stereocenters. The third kappa shape index (κ3) is 2.96. The molecule has 2 aromatic rings. The highest BCUT2D eigenvalue weighted by atomic mass is 16.2. The zero-order valence-corrected chi connectivity index (χ0v) is 13.1. The number of hydrogen-bond acceptors (Lipinski definition) is 3. The van der Waals surface area contributed by atoms with E-state index in [1.54, 1.807) is 0 Å². The predicted octanol–water partition coefficient (Wildman–Crippen LogP) is 2.66. The summed E-state index contributed by atoms with van der Waals surface area (Å²) in [7, 11) is 0. The molecule has 1 aliphatic rings. The van der Waals surface area contributed by atoms with Crippen LogP contribution in [0.4, 0.5) is 5.69 Å². The number of piperazine rings is 1. The number of nitrogens with zero attached hydrogens (tertiary/aromatic N) is 3. The molecule has 1 aromatic heterocycles. The molecule has 1 saturated heterocycles. The average molecular weight is 295 g/mol. The monoisotopic (exact) mass is 295 g/mol. The van der Waals surface area contributed by atoms with Gasteiger partial charge >= 0.3 is 0 Å². The van der Waals surface area contributed by atoms with Gasteiger partial charge in [0.15, 0.2) is 0 Å². The highest BCUT2D eigenvalue weighted by molar-refractivity contribution is 5.94. The van der Waals surface area contributed by atoms with Crippen molar-refractivity contribution in [2.75, 3.05) is 31.1 Å². The van der Waals surface area contributed by atoms with Crippen LogP contribution in [0.25, 0.3) is 0 Å². The Labute approximate surface area is 131 Å². The number of aryl methyl sites for hydroxylation is 2. The molecule has 0 radical (unpaired) electrons. The summed E-state index contributed by atoms with van der Waals surface area (Å²) in [6.45, 7) is 7.26. The highest BCUT2D eigenvalue weighted by Crippen LogP contribution is 2.20. The molecular weight excluding hydrogens is 274 g/mol. The number of carbonyl (C=O) groups excluding carboxylic acids is 1. The van der Waals surface area contributed by atoms with Gasteiger partial charge in [-0.05, 0) is 38.1 Å². The van der Waals surface area contributed by atoms with E-state index in [2.05, 4.69) is 16.0 Å². The molecule has 1 amide bonds. The highest BCUT2D eigenvalue weighted by Gasteiger charge is 2.23. The van der Waals surface area contributed by atoms with Gasteiger partial charge in [0.2, 0.25) is 0 Å². The van der Waals surface area contributed by atoms with Crippen molar-refractivity contribution in [3.05, 3.63) is 59.4 Å². The lowest BCUT2D eigenvalue weighted by Gasteiger charge is -2.36. The van der Waals surface area contributed by atoms with Crippen LogP contribution in [-0.4, -0.2) is 42.0 Å². The summed E-state index contributed by atoms with van der Waals surface area (Å²) in [6, 6.07) is 13.7. The van der Waals surface area contributed by atoms with Crippen molar-refractivity contribution < 1.29 is 4.79 Å². The zero-order chi connectivity index (χ0) is 15.5. The second kappa shape index (κ2) is 6.18. The molecular formula is C18H21N3O. The van der Waals surface area contributed by atoms with E-state index in [4.69, 9.17) is 0 Å². The Kier molecular flexibility index (Phi) is 4.09. The Morgan fingerprint density at radius 2 is 1.64 bits per heavy atom. The standard InChI is InChI=1S/C18H21N3O/c1-14-8-9-17(15(2)19-14)20-10-12-21(13-11-20)18(22)16-6-4-3-5-7-16/h3-9H,10-13H2,1-2H3. The predicted molar refractivity (Wildman–Crippen MR) is 88.3 cm³/mol. The van der Waals surface area contributed by atoms with Crippen molar-refractivity contribution in [2.24, 2.45) is 0 Å².